The van der Waals surface area contributed by atoms with Crippen molar-refractivity contribution >= 4 is 27.6 Å². The number of carbonyl (C=O) groups is 1. The van der Waals surface area contributed by atoms with E-state index in [9.17, 15) is 13.2 Å². The van der Waals surface area contributed by atoms with Crippen LogP contribution in [-0.4, -0.2) is 36.4 Å². The second-order valence-electron chi connectivity index (χ2n) is 4.45. The molecule has 0 spiro atoms. The number of hydrogen-bond acceptors (Lipinski definition) is 4. The van der Waals surface area contributed by atoms with Crippen LogP contribution in [0, 0.1) is 11.3 Å². The fraction of sp³-hybridized carbons (Fsp3) is 0.385. The van der Waals surface area contributed by atoms with Crippen LogP contribution in [0.3, 0.4) is 0 Å². The maximum atomic E-state index is 12.5. The SMILES string of the molecule is CCC(C)N(CC(=O)O)S(=O)(=O)c1ccc(C#N)c(Cl)c1. The lowest BCUT2D eigenvalue weighted by atomic mass is 10.2. The summed E-state index contributed by atoms with van der Waals surface area (Å²) < 4.78 is 26.0. The fourth-order valence-electron chi connectivity index (χ4n) is 1.70. The standard InChI is InChI=1S/C13H15ClN2O4S/c1-3-9(2)16(8-13(17)18)21(19,20)11-5-4-10(7-15)12(14)6-11/h4-6,9H,3,8H2,1-2H3,(H,17,18). The van der Waals surface area contributed by atoms with Gasteiger partial charge in [-0.2, -0.15) is 9.57 Å². The molecule has 0 aliphatic heterocycles. The molecule has 0 amide bonds. The molecule has 0 aliphatic carbocycles. The Balaban J connectivity index is 3.32. The third kappa shape index (κ3) is 3.94. The lowest BCUT2D eigenvalue weighted by Gasteiger charge is -2.26. The van der Waals surface area contributed by atoms with Crippen molar-refractivity contribution in [3.05, 3.63) is 28.8 Å². The van der Waals surface area contributed by atoms with Crippen LogP contribution in [0.5, 0.6) is 0 Å². The number of aliphatic carboxylic acids is 1. The van der Waals surface area contributed by atoms with Crippen molar-refractivity contribution in [3.63, 3.8) is 0 Å². The third-order valence-electron chi connectivity index (χ3n) is 3.04. The highest BCUT2D eigenvalue weighted by atomic mass is 35.5. The van der Waals surface area contributed by atoms with Crippen LogP contribution in [0.1, 0.15) is 25.8 Å². The van der Waals surface area contributed by atoms with Crippen LogP contribution in [0.4, 0.5) is 0 Å². The van der Waals surface area contributed by atoms with Crippen LogP contribution < -0.4 is 0 Å². The minimum Gasteiger partial charge on any atom is -0.480 e. The van der Waals surface area contributed by atoms with Crippen molar-refractivity contribution in [2.45, 2.75) is 31.2 Å². The third-order valence-corrected chi connectivity index (χ3v) is 5.31. The molecule has 1 N–H and O–H groups in total. The van der Waals surface area contributed by atoms with E-state index in [1.807, 2.05) is 6.07 Å². The maximum Gasteiger partial charge on any atom is 0.318 e. The zero-order valence-corrected chi connectivity index (χ0v) is 13.1. The summed E-state index contributed by atoms with van der Waals surface area (Å²) in [7, 11) is -4.00. The molecule has 1 rings (SSSR count). The van der Waals surface area contributed by atoms with E-state index in [1.165, 1.54) is 12.1 Å². The number of halogens is 1. The van der Waals surface area contributed by atoms with E-state index in [2.05, 4.69) is 0 Å². The van der Waals surface area contributed by atoms with Gasteiger partial charge in [-0.3, -0.25) is 4.79 Å². The summed E-state index contributed by atoms with van der Waals surface area (Å²) in [5.74, 6) is -1.24. The van der Waals surface area contributed by atoms with Gasteiger partial charge in [-0.1, -0.05) is 18.5 Å². The molecule has 0 saturated carbocycles. The van der Waals surface area contributed by atoms with E-state index in [4.69, 9.17) is 22.0 Å². The van der Waals surface area contributed by atoms with Gasteiger partial charge in [0.2, 0.25) is 10.0 Å². The summed E-state index contributed by atoms with van der Waals surface area (Å²) in [5, 5.41) is 17.7. The van der Waals surface area contributed by atoms with Crippen molar-refractivity contribution in [2.75, 3.05) is 6.54 Å². The molecule has 1 unspecified atom stereocenters. The minimum atomic E-state index is -4.00. The Hall–Kier alpha value is -1.62. The molecule has 0 aliphatic rings. The van der Waals surface area contributed by atoms with E-state index in [0.717, 1.165) is 10.4 Å². The Kier molecular flexibility index (Phi) is 5.72. The van der Waals surface area contributed by atoms with Gasteiger partial charge in [-0.15, -0.1) is 0 Å². The molecule has 0 radical (unpaired) electrons. The molecule has 0 fully saturated rings. The maximum absolute atomic E-state index is 12.5. The van der Waals surface area contributed by atoms with Gasteiger partial charge >= 0.3 is 5.97 Å². The number of carboxylic acid groups (broad SMARTS) is 1. The zero-order chi connectivity index (χ0) is 16.2. The molecule has 0 bridgehead atoms. The summed E-state index contributed by atoms with van der Waals surface area (Å²) in [4.78, 5) is 10.8. The summed E-state index contributed by atoms with van der Waals surface area (Å²) in [6.07, 6.45) is 0.469. The highest BCUT2D eigenvalue weighted by Crippen LogP contribution is 2.24. The average molecular weight is 331 g/mol. The molecule has 1 atom stereocenters. The van der Waals surface area contributed by atoms with Crippen LogP contribution in [0.2, 0.25) is 5.02 Å². The van der Waals surface area contributed by atoms with E-state index in [1.54, 1.807) is 13.8 Å². The van der Waals surface area contributed by atoms with Crippen molar-refractivity contribution in [2.24, 2.45) is 0 Å². The molecule has 1 aromatic carbocycles. The minimum absolute atomic E-state index is 0.0120. The molecule has 114 valence electrons. The largest absolute Gasteiger partial charge is 0.480 e. The molecular formula is C13H15ClN2O4S. The van der Waals surface area contributed by atoms with Crippen molar-refractivity contribution in [1.82, 2.24) is 4.31 Å². The predicted octanol–water partition coefficient (Wildman–Crippen LogP) is 2.09. The first kappa shape index (κ1) is 17.4. The second kappa shape index (κ2) is 6.89. The Morgan fingerprint density at radius 1 is 1.52 bits per heavy atom. The van der Waals surface area contributed by atoms with Crippen molar-refractivity contribution in [3.8, 4) is 6.07 Å². The Morgan fingerprint density at radius 3 is 2.57 bits per heavy atom. The van der Waals surface area contributed by atoms with Crippen molar-refractivity contribution in [1.29, 1.82) is 5.26 Å². The lowest BCUT2D eigenvalue weighted by molar-refractivity contribution is -0.137. The Labute approximate surface area is 128 Å². The molecule has 0 saturated heterocycles. The smallest absolute Gasteiger partial charge is 0.318 e. The van der Waals surface area contributed by atoms with Crippen LogP contribution in [0.25, 0.3) is 0 Å². The number of nitrogens with zero attached hydrogens (tertiary/aromatic N) is 2. The molecule has 8 heteroatoms. The van der Waals surface area contributed by atoms with E-state index in [-0.39, 0.29) is 15.5 Å². The number of carboxylic acids is 1. The van der Waals surface area contributed by atoms with Crippen LogP contribution in [-0.2, 0) is 14.8 Å². The van der Waals surface area contributed by atoms with Gasteiger partial charge in [0.1, 0.15) is 12.6 Å². The number of nitriles is 1. The second-order valence-corrected chi connectivity index (χ2v) is 6.75. The highest BCUT2D eigenvalue weighted by molar-refractivity contribution is 7.89. The molecule has 21 heavy (non-hydrogen) atoms. The first-order valence-electron chi connectivity index (χ1n) is 6.17. The normalized spacial score (nSPS) is 12.9. The highest BCUT2D eigenvalue weighted by Gasteiger charge is 2.30. The molecule has 0 aromatic heterocycles. The van der Waals surface area contributed by atoms with E-state index >= 15 is 0 Å². The first-order chi connectivity index (χ1) is 9.73. The van der Waals surface area contributed by atoms with Gasteiger partial charge in [-0.25, -0.2) is 8.42 Å². The number of sulfonamides is 1. The van der Waals surface area contributed by atoms with Gasteiger partial charge in [0.15, 0.2) is 0 Å². The molecule has 6 nitrogen and oxygen atoms in total. The summed E-state index contributed by atoms with van der Waals surface area (Å²) in [6.45, 7) is 2.77. The summed E-state index contributed by atoms with van der Waals surface area (Å²) >= 11 is 5.84. The van der Waals surface area contributed by atoms with Gasteiger partial charge < -0.3 is 5.11 Å². The monoisotopic (exact) mass is 330 g/mol. The molecular weight excluding hydrogens is 316 g/mol. The molecule has 1 aromatic rings. The number of rotatable bonds is 6. The van der Waals surface area contributed by atoms with Crippen LogP contribution in [0.15, 0.2) is 23.1 Å². The zero-order valence-electron chi connectivity index (χ0n) is 11.6. The van der Waals surface area contributed by atoms with Crippen molar-refractivity contribution < 1.29 is 18.3 Å². The summed E-state index contributed by atoms with van der Waals surface area (Å²) in [6, 6.07) is 5.07. The van der Waals surface area contributed by atoms with Gasteiger partial charge in [0, 0.05) is 6.04 Å². The van der Waals surface area contributed by atoms with E-state index < -0.39 is 28.6 Å². The first-order valence-corrected chi connectivity index (χ1v) is 7.99. The van der Waals surface area contributed by atoms with Crippen LogP contribution >= 0.6 is 11.6 Å². The number of hydrogen-bond donors (Lipinski definition) is 1. The lowest BCUT2D eigenvalue weighted by Crippen LogP contribution is -2.41. The van der Waals surface area contributed by atoms with Gasteiger partial charge in [0.05, 0.1) is 15.5 Å². The van der Waals surface area contributed by atoms with Gasteiger partial charge in [0.25, 0.3) is 0 Å². The molecule has 0 heterocycles. The van der Waals surface area contributed by atoms with E-state index in [0.29, 0.717) is 6.42 Å². The fourth-order valence-corrected chi connectivity index (χ4v) is 3.67. The summed E-state index contributed by atoms with van der Waals surface area (Å²) in [5.41, 5.74) is 0.156. The Morgan fingerprint density at radius 2 is 2.14 bits per heavy atom. The number of benzene rings is 1. The Bertz CT molecular complexity index is 682. The average Bonchev–Trinajstić information content (AvgIpc) is 2.43. The topological polar surface area (TPSA) is 98.5 Å². The predicted molar refractivity (Wildman–Crippen MR) is 77.4 cm³/mol. The van der Waals surface area contributed by atoms with Gasteiger partial charge in [-0.05, 0) is 31.5 Å². The quantitative estimate of drug-likeness (QED) is 0.861.